The van der Waals surface area contributed by atoms with E-state index in [0.29, 0.717) is 20.7 Å². The van der Waals surface area contributed by atoms with Gasteiger partial charge in [-0.05, 0) is 43.3 Å². The molecule has 0 aromatic heterocycles. The fraction of sp³-hybridized carbons (Fsp3) is 0.150. The summed E-state index contributed by atoms with van der Waals surface area (Å²) in [5.41, 5.74) is 1.27. The van der Waals surface area contributed by atoms with E-state index in [1.807, 2.05) is 18.2 Å². The molecule has 1 saturated heterocycles. The molecule has 2 amide bonds. The van der Waals surface area contributed by atoms with Crippen molar-refractivity contribution < 1.29 is 19.4 Å². The summed E-state index contributed by atoms with van der Waals surface area (Å²) in [6.07, 6.45) is 1.71. The van der Waals surface area contributed by atoms with Crippen molar-refractivity contribution in [1.82, 2.24) is 4.90 Å². The molecular weight excluding hydrogens is 396 g/mol. The quantitative estimate of drug-likeness (QED) is 0.442. The number of para-hydroxylation sites is 1. The SMILES string of the molecule is COc1ccccc1/C=C1\SC(=S)N(C(C)C(=O)Nc2ccc(O)cc2)C1=O. The molecule has 0 saturated carbocycles. The number of nitrogens with one attached hydrogen (secondary N) is 1. The van der Waals surface area contributed by atoms with Crippen LogP contribution in [0.1, 0.15) is 12.5 Å². The molecule has 144 valence electrons. The Bertz CT molecular complexity index is 957. The van der Waals surface area contributed by atoms with Gasteiger partial charge in [0.2, 0.25) is 5.91 Å². The second-order valence-corrected chi connectivity index (χ2v) is 7.68. The number of nitrogens with zero attached hydrogens (tertiary/aromatic N) is 1. The minimum absolute atomic E-state index is 0.101. The number of hydrogen-bond acceptors (Lipinski definition) is 6. The molecule has 0 bridgehead atoms. The maximum absolute atomic E-state index is 12.9. The van der Waals surface area contributed by atoms with Crippen molar-refractivity contribution >= 4 is 51.9 Å². The van der Waals surface area contributed by atoms with Gasteiger partial charge in [-0.15, -0.1) is 0 Å². The number of phenolic OH excluding ortho intramolecular Hbond substituents is 1. The Morgan fingerprint density at radius 1 is 1.25 bits per heavy atom. The van der Waals surface area contributed by atoms with Gasteiger partial charge in [0.1, 0.15) is 21.9 Å². The molecule has 0 radical (unpaired) electrons. The zero-order valence-electron chi connectivity index (χ0n) is 15.2. The van der Waals surface area contributed by atoms with Crippen LogP contribution < -0.4 is 10.1 Å². The first kappa shape index (κ1) is 19.9. The van der Waals surface area contributed by atoms with E-state index in [0.717, 1.165) is 17.3 Å². The molecule has 1 aliphatic heterocycles. The van der Waals surface area contributed by atoms with Gasteiger partial charge in [0.25, 0.3) is 5.91 Å². The lowest BCUT2D eigenvalue weighted by Gasteiger charge is -2.22. The third-order valence-corrected chi connectivity index (χ3v) is 5.48. The maximum Gasteiger partial charge on any atom is 0.266 e. The van der Waals surface area contributed by atoms with Crippen LogP contribution in [0.5, 0.6) is 11.5 Å². The fourth-order valence-corrected chi connectivity index (χ4v) is 4.06. The van der Waals surface area contributed by atoms with Crippen LogP contribution in [-0.2, 0) is 9.59 Å². The number of phenols is 1. The van der Waals surface area contributed by atoms with Gasteiger partial charge in [0.05, 0.1) is 12.0 Å². The Morgan fingerprint density at radius 3 is 2.61 bits per heavy atom. The first-order valence-corrected chi connectivity index (χ1v) is 9.63. The minimum Gasteiger partial charge on any atom is -0.508 e. The number of rotatable bonds is 5. The van der Waals surface area contributed by atoms with E-state index in [4.69, 9.17) is 17.0 Å². The molecule has 1 unspecified atom stereocenters. The van der Waals surface area contributed by atoms with Crippen LogP contribution >= 0.6 is 24.0 Å². The Morgan fingerprint density at radius 2 is 1.93 bits per heavy atom. The average Bonchev–Trinajstić information content (AvgIpc) is 2.96. The summed E-state index contributed by atoms with van der Waals surface area (Å²) in [4.78, 5) is 27.2. The molecule has 2 aromatic rings. The molecule has 6 nitrogen and oxygen atoms in total. The molecule has 1 atom stereocenters. The smallest absolute Gasteiger partial charge is 0.266 e. The van der Waals surface area contributed by atoms with Crippen molar-refractivity contribution in [2.24, 2.45) is 0 Å². The van der Waals surface area contributed by atoms with Crippen molar-refractivity contribution in [2.75, 3.05) is 12.4 Å². The molecule has 8 heteroatoms. The Hall–Kier alpha value is -2.84. The molecular formula is C20H18N2O4S2. The van der Waals surface area contributed by atoms with E-state index in [1.165, 1.54) is 17.0 Å². The second-order valence-electron chi connectivity index (χ2n) is 6.01. The van der Waals surface area contributed by atoms with Crippen LogP contribution in [0.4, 0.5) is 5.69 Å². The summed E-state index contributed by atoms with van der Waals surface area (Å²) in [7, 11) is 1.56. The van der Waals surface area contributed by atoms with Crippen LogP contribution in [0.2, 0.25) is 0 Å². The summed E-state index contributed by atoms with van der Waals surface area (Å²) in [6.45, 7) is 1.62. The van der Waals surface area contributed by atoms with Gasteiger partial charge in [-0.1, -0.05) is 42.2 Å². The number of benzene rings is 2. The minimum atomic E-state index is -0.787. The molecule has 0 aliphatic carbocycles. The van der Waals surface area contributed by atoms with Crippen LogP contribution in [0.3, 0.4) is 0 Å². The van der Waals surface area contributed by atoms with Gasteiger partial charge >= 0.3 is 0 Å². The van der Waals surface area contributed by atoms with Crippen LogP contribution in [0, 0.1) is 0 Å². The average molecular weight is 415 g/mol. The van der Waals surface area contributed by atoms with Gasteiger partial charge in [-0.3, -0.25) is 14.5 Å². The zero-order chi connectivity index (χ0) is 20.3. The molecule has 1 fully saturated rings. The van der Waals surface area contributed by atoms with Gasteiger partial charge < -0.3 is 15.2 Å². The van der Waals surface area contributed by atoms with Gasteiger partial charge in [-0.2, -0.15) is 0 Å². The molecule has 2 aromatic carbocycles. The highest BCUT2D eigenvalue weighted by atomic mass is 32.2. The largest absolute Gasteiger partial charge is 0.508 e. The van der Waals surface area contributed by atoms with Crippen LogP contribution in [0.15, 0.2) is 53.4 Å². The number of methoxy groups -OCH3 is 1. The lowest BCUT2D eigenvalue weighted by Crippen LogP contribution is -2.44. The summed E-state index contributed by atoms with van der Waals surface area (Å²) >= 11 is 6.48. The highest BCUT2D eigenvalue weighted by molar-refractivity contribution is 8.26. The van der Waals surface area contributed by atoms with E-state index in [1.54, 1.807) is 38.3 Å². The monoisotopic (exact) mass is 414 g/mol. The van der Waals surface area contributed by atoms with Gasteiger partial charge in [0.15, 0.2) is 0 Å². The number of thiocarbonyl (C=S) groups is 1. The molecule has 3 rings (SSSR count). The van der Waals surface area contributed by atoms with E-state index < -0.39 is 6.04 Å². The normalized spacial score (nSPS) is 16.4. The van der Waals surface area contributed by atoms with E-state index in [-0.39, 0.29) is 17.6 Å². The zero-order valence-corrected chi connectivity index (χ0v) is 16.8. The predicted octanol–water partition coefficient (Wildman–Crippen LogP) is 3.63. The maximum atomic E-state index is 12.9. The number of hydrogen-bond donors (Lipinski definition) is 2. The summed E-state index contributed by atoms with van der Waals surface area (Å²) in [6, 6.07) is 12.6. The van der Waals surface area contributed by atoms with Crippen LogP contribution in [-0.4, -0.2) is 39.3 Å². The number of thioether (sulfide) groups is 1. The summed E-state index contributed by atoms with van der Waals surface area (Å²) < 4.78 is 5.63. The summed E-state index contributed by atoms with van der Waals surface area (Å²) in [5, 5.41) is 12.0. The fourth-order valence-electron chi connectivity index (χ4n) is 2.65. The predicted molar refractivity (Wildman–Crippen MR) is 114 cm³/mol. The summed E-state index contributed by atoms with van der Waals surface area (Å²) in [5.74, 6) is 0.0464. The number of aromatic hydroxyl groups is 1. The number of amides is 2. The lowest BCUT2D eigenvalue weighted by atomic mass is 10.1. The number of anilines is 1. The topological polar surface area (TPSA) is 78.9 Å². The van der Waals surface area contributed by atoms with Crippen LogP contribution in [0.25, 0.3) is 6.08 Å². The third kappa shape index (κ3) is 4.18. The van der Waals surface area contributed by atoms with Crippen molar-refractivity contribution in [2.45, 2.75) is 13.0 Å². The van der Waals surface area contributed by atoms with E-state index in [9.17, 15) is 14.7 Å². The first-order valence-electron chi connectivity index (χ1n) is 8.40. The Labute approximate surface area is 172 Å². The Kier molecular flexibility index (Phi) is 6.01. The third-order valence-electron chi connectivity index (χ3n) is 4.15. The standard InChI is InChI=1S/C20H18N2O4S2/c1-12(18(24)21-14-7-9-15(23)10-8-14)22-19(25)17(28-20(22)27)11-13-5-3-4-6-16(13)26-2/h3-12,23H,1-2H3,(H,21,24)/b17-11-. The molecule has 28 heavy (non-hydrogen) atoms. The molecule has 2 N–H and O–H groups in total. The van der Waals surface area contributed by atoms with Crippen molar-refractivity contribution in [3.05, 3.63) is 59.0 Å². The number of ether oxygens (including phenoxy) is 1. The second kappa shape index (κ2) is 8.45. The molecule has 1 heterocycles. The first-order chi connectivity index (χ1) is 13.4. The van der Waals surface area contributed by atoms with Gasteiger partial charge in [0, 0.05) is 11.3 Å². The Balaban J connectivity index is 1.78. The highest BCUT2D eigenvalue weighted by Crippen LogP contribution is 2.35. The molecule has 0 spiro atoms. The van der Waals surface area contributed by atoms with Crippen molar-refractivity contribution in [3.8, 4) is 11.5 Å². The van der Waals surface area contributed by atoms with Crippen molar-refractivity contribution in [1.29, 1.82) is 0 Å². The lowest BCUT2D eigenvalue weighted by molar-refractivity contribution is -0.129. The number of carbonyl (C=O) groups is 2. The van der Waals surface area contributed by atoms with E-state index in [2.05, 4.69) is 5.32 Å². The van der Waals surface area contributed by atoms with Gasteiger partial charge in [-0.25, -0.2) is 0 Å². The molecule has 1 aliphatic rings. The number of carbonyl (C=O) groups excluding carboxylic acids is 2. The van der Waals surface area contributed by atoms with Crippen molar-refractivity contribution in [3.63, 3.8) is 0 Å². The highest BCUT2D eigenvalue weighted by Gasteiger charge is 2.38. The van der Waals surface area contributed by atoms with E-state index >= 15 is 0 Å².